The molecule has 0 saturated heterocycles. The maximum atomic E-state index is 10.9. The van der Waals surface area contributed by atoms with Crippen LogP contribution in [0.4, 0.5) is 0 Å². The van der Waals surface area contributed by atoms with Gasteiger partial charge in [-0.3, -0.25) is 0 Å². The first kappa shape index (κ1) is 9.37. The monoisotopic (exact) mass is 230 g/mol. The van der Waals surface area contributed by atoms with Crippen LogP contribution < -0.4 is 5.63 Å². The molecular weight excluding hydrogens is 227 g/mol. The second-order valence-electron chi connectivity index (χ2n) is 2.69. The molecule has 2 aromatic rings. The summed E-state index contributed by atoms with van der Waals surface area (Å²) in [4.78, 5) is 10.9. The van der Waals surface area contributed by atoms with E-state index >= 15 is 0 Å². The maximum absolute atomic E-state index is 10.9. The predicted molar refractivity (Wildman–Crippen MR) is 54.2 cm³/mol. The molecule has 0 unspecified atom stereocenters. The van der Waals surface area contributed by atoms with Crippen molar-refractivity contribution in [2.24, 2.45) is 0 Å². The number of fused-ring (bicyclic) bond motifs is 1. The highest BCUT2D eigenvalue weighted by Gasteiger charge is 2.11. The van der Waals surface area contributed by atoms with Crippen molar-refractivity contribution < 1.29 is 9.52 Å². The van der Waals surface area contributed by atoms with Gasteiger partial charge in [0, 0.05) is 11.5 Å². The molecule has 0 fully saturated rings. The van der Waals surface area contributed by atoms with Crippen molar-refractivity contribution in [3.63, 3.8) is 0 Å². The zero-order chi connectivity index (χ0) is 10.3. The highest BCUT2D eigenvalue weighted by atomic mass is 35.5. The number of phenols is 1. The van der Waals surface area contributed by atoms with Crippen LogP contribution >= 0.6 is 23.2 Å². The number of halogens is 2. The molecule has 0 radical (unpaired) electrons. The Bertz CT molecular complexity index is 560. The summed E-state index contributed by atoms with van der Waals surface area (Å²) < 4.78 is 4.82. The first-order valence-corrected chi connectivity index (χ1v) is 4.46. The van der Waals surface area contributed by atoms with Crippen molar-refractivity contribution in [2.75, 3.05) is 0 Å². The second kappa shape index (κ2) is 3.19. The predicted octanol–water partition coefficient (Wildman–Crippen LogP) is 2.81. The van der Waals surface area contributed by atoms with Crippen LogP contribution in [0.2, 0.25) is 10.0 Å². The lowest BCUT2D eigenvalue weighted by Crippen LogP contribution is -1.94. The van der Waals surface area contributed by atoms with E-state index in [1.54, 1.807) is 0 Å². The molecule has 72 valence electrons. The zero-order valence-corrected chi connectivity index (χ0v) is 8.26. The molecule has 3 nitrogen and oxygen atoms in total. The average Bonchev–Trinajstić information content (AvgIpc) is 2.16. The smallest absolute Gasteiger partial charge is 0.336 e. The molecule has 5 heteroatoms. The van der Waals surface area contributed by atoms with Gasteiger partial charge >= 0.3 is 5.63 Å². The molecule has 0 spiro atoms. The largest absolute Gasteiger partial charge is 0.505 e. The summed E-state index contributed by atoms with van der Waals surface area (Å²) in [6, 6.07) is 4.26. The minimum absolute atomic E-state index is 0.0507. The molecule has 0 amide bonds. The minimum Gasteiger partial charge on any atom is -0.505 e. The van der Waals surface area contributed by atoms with Crippen LogP contribution in [0.1, 0.15) is 0 Å². The molecule has 0 aliphatic heterocycles. The summed E-state index contributed by atoms with van der Waals surface area (Å²) in [5, 5.41) is 10.0. The van der Waals surface area contributed by atoms with Gasteiger partial charge in [-0.15, -0.1) is 0 Å². The molecule has 0 aliphatic carbocycles. The number of phenolic OH excluding ortho intramolecular Hbond substituents is 1. The summed E-state index contributed by atoms with van der Waals surface area (Å²) in [6.45, 7) is 0. The molecule has 1 aromatic carbocycles. The third-order valence-corrected chi connectivity index (χ3v) is 2.42. The van der Waals surface area contributed by atoms with Crippen molar-refractivity contribution in [1.29, 1.82) is 0 Å². The van der Waals surface area contributed by atoms with E-state index < -0.39 is 5.63 Å². The Morgan fingerprint density at radius 3 is 2.71 bits per heavy atom. The fourth-order valence-corrected chi connectivity index (χ4v) is 1.64. The lowest BCUT2D eigenvalue weighted by molar-refractivity contribution is 0.473. The Morgan fingerprint density at radius 1 is 1.29 bits per heavy atom. The molecular formula is C9H4Cl2O3. The van der Waals surface area contributed by atoms with E-state index in [1.165, 1.54) is 18.2 Å². The molecule has 0 bridgehead atoms. The summed E-state index contributed by atoms with van der Waals surface area (Å²) in [6.07, 6.45) is 0. The third kappa shape index (κ3) is 1.35. The van der Waals surface area contributed by atoms with E-state index in [9.17, 15) is 9.90 Å². The zero-order valence-electron chi connectivity index (χ0n) is 6.75. The summed E-state index contributed by atoms with van der Waals surface area (Å²) >= 11 is 11.4. The number of benzene rings is 1. The van der Waals surface area contributed by atoms with Crippen molar-refractivity contribution >= 4 is 34.2 Å². The first-order chi connectivity index (χ1) is 6.59. The van der Waals surface area contributed by atoms with Crippen molar-refractivity contribution in [2.45, 2.75) is 0 Å². The third-order valence-electron chi connectivity index (χ3n) is 1.78. The maximum Gasteiger partial charge on any atom is 0.336 e. The van der Waals surface area contributed by atoms with Gasteiger partial charge in [-0.05, 0) is 12.1 Å². The van der Waals surface area contributed by atoms with Crippen LogP contribution in [-0.4, -0.2) is 5.11 Å². The molecule has 1 aromatic heterocycles. The Labute approximate surface area is 88.5 Å². The van der Waals surface area contributed by atoms with Crippen LogP contribution in [-0.2, 0) is 0 Å². The van der Waals surface area contributed by atoms with Crippen LogP contribution in [0.3, 0.4) is 0 Å². The number of hydrogen-bond donors (Lipinski definition) is 1. The van der Waals surface area contributed by atoms with Crippen molar-refractivity contribution in [1.82, 2.24) is 0 Å². The van der Waals surface area contributed by atoms with Gasteiger partial charge in [-0.2, -0.15) is 0 Å². The van der Waals surface area contributed by atoms with Gasteiger partial charge in [0.2, 0.25) is 0 Å². The second-order valence-corrected chi connectivity index (χ2v) is 3.48. The molecule has 0 atom stereocenters. The van der Waals surface area contributed by atoms with Gasteiger partial charge < -0.3 is 9.52 Å². The highest BCUT2D eigenvalue weighted by Crippen LogP contribution is 2.37. The summed E-state index contributed by atoms with van der Waals surface area (Å²) in [7, 11) is 0. The van der Waals surface area contributed by atoms with Crippen molar-refractivity contribution in [3.05, 3.63) is 38.7 Å². The normalized spacial score (nSPS) is 10.7. The van der Waals surface area contributed by atoms with Gasteiger partial charge in [-0.1, -0.05) is 23.2 Å². The number of hydrogen-bond acceptors (Lipinski definition) is 3. The fraction of sp³-hybridized carbons (Fsp3) is 0. The molecule has 1 N–H and O–H groups in total. The van der Waals surface area contributed by atoms with Crippen LogP contribution in [0.5, 0.6) is 5.75 Å². The quantitative estimate of drug-likeness (QED) is 0.709. The van der Waals surface area contributed by atoms with E-state index in [1.807, 2.05) is 0 Å². The van der Waals surface area contributed by atoms with Crippen molar-refractivity contribution in [3.8, 4) is 5.75 Å². The summed E-state index contributed by atoms with van der Waals surface area (Å²) in [5.41, 5.74) is -0.387. The van der Waals surface area contributed by atoms with E-state index in [0.29, 0.717) is 5.39 Å². The Hall–Kier alpha value is -1.19. The van der Waals surface area contributed by atoms with Gasteiger partial charge in [0.1, 0.15) is 5.02 Å². The van der Waals surface area contributed by atoms with E-state index in [4.69, 9.17) is 27.6 Å². The van der Waals surface area contributed by atoms with Gasteiger partial charge in [0.05, 0.1) is 5.02 Å². The van der Waals surface area contributed by atoms with Crippen LogP contribution in [0, 0.1) is 0 Å². The van der Waals surface area contributed by atoms with Gasteiger partial charge in [0.15, 0.2) is 11.3 Å². The standard InChI is InChI=1S/C9H4Cl2O3/c10-5-3-4-1-2-6(12)14-9(4)7(11)8(5)13/h1-3,13H. The SMILES string of the molecule is O=c1ccc2cc(Cl)c(O)c(Cl)c2o1. The van der Waals surface area contributed by atoms with E-state index in [2.05, 4.69) is 0 Å². The topological polar surface area (TPSA) is 50.4 Å². The molecule has 0 aliphatic rings. The lowest BCUT2D eigenvalue weighted by atomic mass is 10.2. The molecule has 2 rings (SSSR count). The number of aromatic hydroxyl groups is 1. The summed E-state index contributed by atoms with van der Waals surface area (Å²) in [5.74, 6) is -0.282. The molecule has 0 saturated carbocycles. The average molecular weight is 231 g/mol. The Morgan fingerprint density at radius 2 is 2.00 bits per heavy atom. The van der Waals surface area contributed by atoms with E-state index in [0.717, 1.165) is 0 Å². The van der Waals surface area contributed by atoms with Crippen LogP contribution in [0.25, 0.3) is 11.0 Å². The van der Waals surface area contributed by atoms with Crippen LogP contribution in [0.15, 0.2) is 27.4 Å². The lowest BCUT2D eigenvalue weighted by Gasteiger charge is -2.02. The van der Waals surface area contributed by atoms with E-state index in [-0.39, 0.29) is 21.4 Å². The first-order valence-electron chi connectivity index (χ1n) is 3.70. The highest BCUT2D eigenvalue weighted by molar-refractivity contribution is 6.40. The fourth-order valence-electron chi connectivity index (χ4n) is 1.13. The number of rotatable bonds is 0. The van der Waals surface area contributed by atoms with Gasteiger partial charge in [-0.25, -0.2) is 4.79 Å². The Kier molecular flexibility index (Phi) is 2.13. The minimum atomic E-state index is -0.527. The molecule has 1 heterocycles. The molecule has 14 heavy (non-hydrogen) atoms. The van der Waals surface area contributed by atoms with Gasteiger partial charge in [0.25, 0.3) is 0 Å². The Balaban J connectivity index is 2.99.